The monoisotopic (exact) mass is 349 g/mol. The number of carbonyl (C=O) groups is 2. The van der Waals surface area contributed by atoms with E-state index in [1.165, 1.54) is 5.57 Å². The molecule has 5 nitrogen and oxygen atoms in total. The summed E-state index contributed by atoms with van der Waals surface area (Å²) >= 11 is 0. The Kier molecular flexibility index (Phi) is 7.33. The summed E-state index contributed by atoms with van der Waals surface area (Å²) in [5, 5.41) is 5.77. The Morgan fingerprint density at radius 1 is 1.24 bits per heavy atom. The topological polar surface area (TPSA) is 61.4 Å². The lowest BCUT2D eigenvalue weighted by Crippen LogP contribution is -2.41. The van der Waals surface area contributed by atoms with Gasteiger partial charge in [-0.3, -0.25) is 4.79 Å². The third-order valence-corrected chi connectivity index (χ3v) is 5.80. The molecule has 5 heteroatoms. The molecule has 3 amide bonds. The predicted molar refractivity (Wildman–Crippen MR) is 101 cm³/mol. The summed E-state index contributed by atoms with van der Waals surface area (Å²) in [6.45, 7) is 11.7. The standard InChI is InChI=1S/C20H35N3O2/c1-5-21-20(25)22-13-17-10-15(4)16(11-18(17)14(2)3)12-19(24)23-8-6-7-9-23/h10,14,16-18H,5-9,11-13H2,1-4H3,(H2,21,22,25)/t16-,17-,18-/m0/s1. The minimum absolute atomic E-state index is 0.0950. The van der Waals surface area contributed by atoms with Crippen molar-refractivity contribution in [2.24, 2.45) is 23.7 Å². The van der Waals surface area contributed by atoms with Gasteiger partial charge in [-0.1, -0.05) is 25.5 Å². The molecule has 0 saturated carbocycles. The maximum atomic E-state index is 12.5. The summed E-state index contributed by atoms with van der Waals surface area (Å²) in [7, 11) is 0. The summed E-state index contributed by atoms with van der Waals surface area (Å²) in [4.78, 5) is 26.3. The lowest BCUT2D eigenvalue weighted by Gasteiger charge is -2.37. The maximum absolute atomic E-state index is 12.5. The number of allylic oxidation sites excluding steroid dienone is 1. The number of nitrogens with zero attached hydrogens (tertiary/aromatic N) is 1. The Bertz CT molecular complexity index is 495. The number of nitrogens with one attached hydrogen (secondary N) is 2. The number of hydrogen-bond acceptors (Lipinski definition) is 2. The number of amides is 3. The Hall–Kier alpha value is -1.52. The molecule has 1 saturated heterocycles. The highest BCUT2D eigenvalue weighted by molar-refractivity contribution is 5.77. The molecule has 0 spiro atoms. The van der Waals surface area contributed by atoms with Crippen molar-refractivity contribution in [3.63, 3.8) is 0 Å². The number of hydrogen-bond donors (Lipinski definition) is 2. The van der Waals surface area contributed by atoms with E-state index >= 15 is 0 Å². The van der Waals surface area contributed by atoms with E-state index in [0.717, 1.165) is 32.4 Å². The minimum atomic E-state index is -0.0950. The number of urea groups is 1. The van der Waals surface area contributed by atoms with E-state index in [2.05, 4.69) is 37.5 Å². The van der Waals surface area contributed by atoms with Crippen LogP contribution in [0, 0.1) is 23.7 Å². The molecular weight excluding hydrogens is 314 g/mol. The highest BCUT2D eigenvalue weighted by atomic mass is 16.2. The van der Waals surface area contributed by atoms with Crippen molar-refractivity contribution in [1.82, 2.24) is 15.5 Å². The average molecular weight is 350 g/mol. The van der Waals surface area contributed by atoms with Gasteiger partial charge >= 0.3 is 6.03 Å². The average Bonchev–Trinajstić information content (AvgIpc) is 3.09. The van der Waals surface area contributed by atoms with Gasteiger partial charge in [-0.25, -0.2) is 4.79 Å². The molecule has 1 heterocycles. The quantitative estimate of drug-likeness (QED) is 0.724. The summed E-state index contributed by atoms with van der Waals surface area (Å²) in [5.74, 6) is 2.05. The van der Waals surface area contributed by atoms with Crippen LogP contribution in [0.4, 0.5) is 4.79 Å². The van der Waals surface area contributed by atoms with Crippen molar-refractivity contribution in [2.45, 2.75) is 53.4 Å². The normalized spacial score (nSPS) is 26.5. The van der Waals surface area contributed by atoms with E-state index in [-0.39, 0.29) is 6.03 Å². The van der Waals surface area contributed by atoms with E-state index in [1.807, 2.05) is 11.8 Å². The molecule has 2 aliphatic rings. The molecule has 0 unspecified atom stereocenters. The molecule has 0 aromatic heterocycles. The van der Waals surface area contributed by atoms with Crippen LogP contribution in [-0.4, -0.2) is 43.0 Å². The van der Waals surface area contributed by atoms with E-state index in [4.69, 9.17) is 0 Å². The van der Waals surface area contributed by atoms with Gasteiger partial charge in [-0.05, 0) is 56.8 Å². The highest BCUT2D eigenvalue weighted by Crippen LogP contribution is 2.39. The molecule has 1 fully saturated rings. The van der Waals surface area contributed by atoms with Crippen molar-refractivity contribution in [3.05, 3.63) is 11.6 Å². The lowest BCUT2D eigenvalue weighted by atomic mass is 9.69. The molecule has 0 aromatic carbocycles. The third-order valence-electron chi connectivity index (χ3n) is 5.80. The molecule has 1 aliphatic heterocycles. The van der Waals surface area contributed by atoms with Crippen molar-refractivity contribution in [1.29, 1.82) is 0 Å². The fourth-order valence-corrected chi connectivity index (χ4v) is 4.25. The van der Waals surface area contributed by atoms with Crippen LogP contribution in [0.2, 0.25) is 0 Å². The van der Waals surface area contributed by atoms with Gasteiger partial charge in [0.1, 0.15) is 0 Å². The van der Waals surface area contributed by atoms with Crippen LogP contribution in [-0.2, 0) is 4.79 Å². The number of rotatable bonds is 6. The van der Waals surface area contributed by atoms with Crippen LogP contribution in [0.25, 0.3) is 0 Å². The fraction of sp³-hybridized carbons (Fsp3) is 0.800. The Labute approximate surface area is 152 Å². The van der Waals surface area contributed by atoms with Gasteiger partial charge in [-0.15, -0.1) is 0 Å². The predicted octanol–water partition coefficient (Wildman–Crippen LogP) is 3.17. The van der Waals surface area contributed by atoms with Crippen molar-refractivity contribution >= 4 is 11.9 Å². The summed E-state index contributed by atoms with van der Waals surface area (Å²) in [6.07, 6.45) is 6.28. The van der Waals surface area contributed by atoms with Crippen LogP contribution in [0.15, 0.2) is 11.6 Å². The van der Waals surface area contributed by atoms with E-state index in [1.54, 1.807) is 0 Å². The second-order valence-electron chi connectivity index (χ2n) is 7.95. The molecule has 25 heavy (non-hydrogen) atoms. The zero-order chi connectivity index (χ0) is 18.4. The summed E-state index contributed by atoms with van der Waals surface area (Å²) in [5.41, 5.74) is 1.31. The molecule has 142 valence electrons. The van der Waals surface area contributed by atoms with Gasteiger partial charge in [0.2, 0.25) is 5.91 Å². The van der Waals surface area contributed by atoms with Gasteiger partial charge in [-0.2, -0.15) is 0 Å². The van der Waals surface area contributed by atoms with Crippen LogP contribution in [0.1, 0.15) is 53.4 Å². The Morgan fingerprint density at radius 3 is 2.52 bits per heavy atom. The molecule has 3 atom stereocenters. The molecule has 0 radical (unpaired) electrons. The number of carbonyl (C=O) groups excluding carboxylic acids is 2. The van der Waals surface area contributed by atoms with Gasteiger partial charge in [0, 0.05) is 32.6 Å². The van der Waals surface area contributed by atoms with E-state index < -0.39 is 0 Å². The zero-order valence-corrected chi connectivity index (χ0v) is 16.3. The molecule has 2 N–H and O–H groups in total. The first-order valence-electron chi connectivity index (χ1n) is 9.90. The van der Waals surface area contributed by atoms with Crippen LogP contribution in [0.5, 0.6) is 0 Å². The Morgan fingerprint density at radius 2 is 1.92 bits per heavy atom. The van der Waals surface area contributed by atoms with Gasteiger partial charge < -0.3 is 15.5 Å². The first-order valence-corrected chi connectivity index (χ1v) is 9.90. The van der Waals surface area contributed by atoms with Gasteiger partial charge in [0.25, 0.3) is 0 Å². The van der Waals surface area contributed by atoms with Gasteiger partial charge in [0.05, 0.1) is 0 Å². The van der Waals surface area contributed by atoms with Crippen LogP contribution in [0.3, 0.4) is 0 Å². The highest BCUT2D eigenvalue weighted by Gasteiger charge is 2.33. The third kappa shape index (κ3) is 5.48. The van der Waals surface area contributed by atoms with E-state index in [0.29, 0.717) is 49.1 Å². The smallest absolute Gasteiger partial charge is 0.314 e. The second-order valence-corrected chi connectivity index (χ2v) is 7.95. The molecule has 1 aliphatic carbocycles. The summed E-state index contributed by atoms with van der Waals surface area (Å²) < 4.78 is 0. The molecular formula is C20H35N3O2. The molecule has 0 bridgehead atoms. The van der Waals surface area contributed by atoms with E-state index in [9.17, 15) is 9.59 Å². The largest absolute Gasteiger partial charge is 0.343 e. The zero-order valence-electron chi connectivity index (χ0n) is 16.3. The lowest BCUT2D eigenvalue weighted by molar-refractivity contribution is -0.131. The molecule has 2 rings (SSSR count). The maximum Gasteiger partial charge on any atom is 0.314 e. The first-order chi connectivity index (χ1) is 11.9. The van der Waals surface area contributed by atoms with Crippen molar-refractivity contribution < 1.29 is 9.59 Å². The fourth-order valence-electron chi connectivity index (χ4n) is 4.25. The minimum Gasteiger partial charge on any atom is -0.343 e. The van der Waals surface area contributed by atoms with Crippen LogP contribution >= 0.6 is 0 Å². The number of likely N-dealkylation sites (tertiary alicyclic amines) is 1. The van der Waals surface area contributed by atoms with Crippen molar-refractivity contribution in [2.75, 3.05) is 26.2 Å². The van der Waals surface area contributed by atoms with Crippen LogP contribution < -0.4 is 10.6 Å². The molecule has 0 aromatic rings. The summed E-state index contributed by atoms with van der Waals surface area (Å²) in [6, 6.07) is -0.0950. The second kappa shape index (κ2) is 9.25. The van der Waals surface area contributed by atoms with Crippen molar-refractivity contribution in [3.8, 4) is 0 Å². The Balaban J connectivity index is 1.98. The SMILES string of the molecule is CCNC(=O)NC[C@@H]1C=C(C)[C@H](CC(=O)N2CCCC2)C[C@H]1C(C)C. The first kappa shape index (κ1) is 19.8. The van der Waals surface area contributed by atoms with Gasteiger partial charge in [0.15, 0.2) is 0 Å².